The van der Waals surface area contributed by atoms with E-state index in [4.69, 9.17) is 0 Å². The molecule has 0 bridgehead atoms. The molecule has 0 aromatic heterocycles. The van der Waals surface area contributed by atoms with Gasteiger partial charge in [-0.15, -0.1) is 11.8 Å². The third-order valence-corrected chi connectivity index (χ3v) is 4.67. The van der Waals surface area contributed by atoms with Crippen molar-refractivity contribution in [2.24, 2.45) is 5.92 Å². The summed E-state index contributed by atoms with van der Waals surface area (Å²) in [6, 6.07) is 7.87. The molecule has 1 fully saturated rings. The molecule has 2 N–H and O–H groups in total. The van der Waals surface area contributed by atoms with Crippen molar-refractivity contribution >= 4 is 23.4 Å². The quantitative estimate of drug-likeness (QED) is 0.820. The van der Waals surface area contributed by atoms with E-state index in [0.29, 0.717) is 6.54 Å². The van der Waals surface area contributed by atoms with Gasteiger partial charge in [-0.25, -0.2) is 0 Å². The zero-order valence-corrected chi connectivity index (χ0v) is 13.5. The Hall–Kier alpha value is -1.04. The summed E-state index contributed by atoms with van der Waals surface area (Å²) in [5.74, 6) is 0.297. The molecule has 2 rings (SSSR count). The van der Waals surface area contributed by atoms with Gasteiger partial charge in [0.2, 0.25) is 5.91 Å². The van der Waals surface area contributed by atoms with E-state index in [1.54, 1.807) is 11.8 Å². The van der Waals surface area contributed by atoms with Gasteiger partial charge in [0, 0.05) is 17.1 Å². The fourth-order valence-corrected chi connectivity index (χ4v) is 3.19. The van der Waals surface area contributed by atoms with Crippen molar-refractivity contribution in [1.29, 1.82) is 0 Å². The van der Waals surface area contributed by atoms with E-state index in [1.807, 2.05) is 37.4 Å². The van der Waals surface area contributed by atoms with Gasteiger partial charge in [0.05, 0.1) is 12.6 Å². The van der Waals surface area contributed by atoms with Crippen LogP contribution in [-0.4, -0.2) is 47.9 Å². The molecule has 0 spiro atoms. The molecule has 1 aromatic rings. The van der Waals surface area contributed by atoms with Gasteiger partial charge >= 0.3 is 0 Å². The van der Waals surface area contributed by atoms with E-state index in [2.05, 4.69) is 10.2 Å². The van der Waals surface area contributed by atoms with Crippen molar-refractivity contribution in [2.75, 3.05) is 31.2 Å². The monoisotopic (exact) mass is 308 g/mol. The number of anilines is 1. The third kappa shape index (κ3) is 5.02. The summed E-state index contributed by atoms with van der Waals surface area (Å²) in [6.45, 7) is 3.96. The predicted molar refractivity (Wildman–Crippen MR) is 87.7 cm³/mol. The molecule has 1 heterocycles. The molecule has 5 heteroatoms. The lowest BCUT2D eigenvalue weighted by atomic mass is 9.93. The van der Waals surface area contributed by atoms with Crippen LogP contribution in [-0.2, 0) is 4.79 Å². The SMILES string of the molecule is CSc1cccc(NC(=O)CN2CCCC(C(C)O)C2)c1. The Morgan fingerprint density at radius 2 is 2.38 bits per heavy atom. The topological polar surface area (TPSA) is 52.6 Å². The summed E-state index contributed by atoms with van der Waals surface area (Å²) < 4.78 is 0. The fourth-order valence-electron chi connectivity index (χ4n) is 2.73. The molecular weight excluding hydrogens is 284 g/mol. The number of hydrogen-bond acceptors (Lipinski definition) is 4. The summed E-state index contributed by atoms with van der Waals surface area (Å²) in [7, 11) is 0. The molecule has 2 atom stereocenters. The maximum atomic E-state index is 12.1. The maximum absolute atomic E-state index is 12.1. The highest BCUT2D eigenvalue weighted by atomic mass is 32.2. The van der Waals surface area contributed by atoms with Gasteiger partial charge in [0.1, 0.15) is 0 Å². The molecule has 116 valence electrons. The number of carbonyl (C=O) groups is 1. The number of likely N-dealkylation sites (tertiary alicyclic amines) is 1. The Balaban J connectivity index is 1.86. The van der Waals surface area contributed by atoms with Gasteiger partial charge in [0.15, 0.2) is 0 Å². The number of amides is 1. The van der Waals surface area contributed by atoms with Gasteiger partial charge in [-0.1, -0.05) is 6.07 Å². The Morgan fingerprint density at radius 3 is 3.10 bits per heavy atom. The standard InChI is InChI=1S/C16H24N2O2S/c1-12(19)13-5-4-8-18(10-13)11-16(20)17-14-6-3-7-15(9-14)21-2/h3,6-7,9,12-13,19H,4-5,8,10-11H2,1-2H3,(H,17,20). The van der Waals surface area contributed by atoms with Crippen molar-refractivity contribution in [3.8, 4) is 0 Å². The average molecular weight is 308 g/mol. The number of hydrogen-bond donors (Lipinski definition) is 2. The van der Waals surface area contributed by atoms with Gasteiger partial charge in [0.25, 0.3) is 0 Å². The molecule has 1 saturated heterocycles. The molecule has 1 amide bonds. The molecule has 2 unspecified atom stereocenters. The van der Waals surface area contributed by atoms with E-state index in [0.717, 1.165) is 36.5 Å². The number of carbonyl (C=O) groups excluding carboxylic acids is 1. The minimum absolute atomic E-state index is 0.0134. The van der Waals surface area contributed by atoms with E-state index in [9.17, 15) is 9.90 Å². The third-order valence-electron chi connectivity index (χ3n) is 3.94. The highest BCUT2D eigenvalue weighted by Gasteiger charge is 2.24. The molecule has 21 heavy (non-hydrogen) atoms. The van der Waals surface area contributed by atoms with Crippen LogP contribution in [0.4, 0.5) is 5.69 Å². The van der Waals surface area contributed by atoms with Crippen molar-refractivity contribution in [1.82, 2.24) is 4.90 Å². The lowest BCUT2D eigenvalue weighted by molar-refractivity contribution is -0.118. The number of benzene rings is 1. The summed E-state index contributed by atoms with van der Waals surface area (Å²) in [5, 5.41) is 12.6. The number of piperidine rings is 1. The molecule has 4 nitrogen and oxygen atoms in total. The smallest absolute Gasteiger partial charge is 0.238 e. The lowest BCUT2D eigenvalue weighted by Crippen LogP contribution is -2.43. The van der Waals surface area contributed by atoms with Crippen LogP contribution in [0.2, 0.25) is 0 Å². The second-order valence-electron chi connectivity index (χ2n) is 5.66. The van der Waals surface area contributed by atoms with E-state index < -0.39 is 0 Å². The number of rotatable bonds is 5. The summed E-state index contributed by atoms with van der Waals surface area (Å²) in [5.41, 5.74) is 0.843. The van der Waals surface area contributed by atoms with Crippen LogP contribution in [0.25, 0.3) is 0 Å². The Bertz CT molecular complexity index is 479. The van der Waals surface area contributed by atoms with Crippen LogP contribution in [0.15, 0.2) is 29.2 Å². The molecule has 1 aliphatic heterocycles. The first-order chi connectivity index (χ1) is 10.1. The van der Waals surface area contributed by atoms with Crippen LogP contribution in [0, 0.1) is 5.92 Å². The number of aliphatic hydroxyl groups excluding tert-OH is 1. The molecule has 0 radical (unpaired) electrons. The summed E-state index contributed by atoms with van der Waals surface area (Å²) in [6.07, 6.45) is 3.82. The zero-order chi connectivity index (χ0) is 15.2. The van der Waals surface area contributed by atoms with Crippen molar-refractivity contribution in [3.63, 3.8) is 0 Å². The summed E-state index contributed by atoms with van der Waals surface area (Å²) >= 11 is 1.66. The molecule has 1 aromatic carbocycles. The minimum Gasteiger partial charge on any atom is -0.393 e. The van der Waals surface area contributed by atoms with Crippen LogP contribution >= 0.6 is 11.8 Å². The number of nitrogens with one attached hydrogen (secondary N) is 1. The molecule has 1 aliphatic rings. The summed E-state index contributed by atoms with van der Waals surface area (Å²) in [4.78, 5) is 15.4. The Morgan fingerprint density at radius 1 is 1.57 bits per heavy atom. The van der Waals surface area contributed by atoms with Crippen molar-refractivity contribution < 1.29 is 9.90 Å². The Kier molecular flexibility index (Phi) is 6.08. The van der Waals surface area contributed by atoms with E-state index >= 15 is 0 Å². The van der Waals surface area contributed by atoms with Gasteiger partial charge < -0.3 is 10.4 Å². The fraction of sp³-hybridized carbons (Fsp3) is 0.562. The van der Waals surface area contributed by atoms with Crippen LogP contribution in [0.3, 0.4) is 0 Å². The van der Waals surface area contributed by atoms with Crippen molar-refractivity contribution in [3.05, 3.63) is 24.3 Å². The Labute approximate surface area is 130 Å². The maximum Gasteiger partial charge on any atom is 0.238 e. The first kappa shape index (κ1) is 16.3. The highest BCUT2D eigenvalue weighted by molar-refractivity contribution is 7.98. The van der Waals surface area contributed by atoms with Crippen molar-refractivity contribution in [2.45, 2.75) is 30.8 Å². The molecular formula is C16H24N2O2S. The largest absolute Gasteiger partial charge is 0.393 e. The highest BCUT2D eigenvalue weighted by Crippen LogP contribution is 2.21. The number of thioether (sulfide) groups is 1. The lowest BCUT2D eigenvalue weighted by Gasteiger charge is -2.33. The molecule has 0 aliphatic carbocycles. The minimum atomic E-state index is -0.297. The average Bonchev–Trinajstić information content (AvgIpc) is 2.47. The van der Waals surface area contributed by atoms with Crippen LogP contribution in [0.1, 0.15) is 19.8 Å². The normalized spacial score (nSPS) is 21.0. The number of nitrogens with zero attached hydrogens (tertiary/aromatic N) is 1. The second kappa shape index (κ2) is 7.82. The van der Waals surface area contributed by atoms with Crippen LogP contribution in [0.5, 0.6) is 0 Å². The molecule has 0 saturated carbocycles. The first-order valence-corrected chi connectivity index (χ1v) is 8.65. The first-order valence-electron chi connectivity index (χ1n) is 7.43. The van der Waals surface area contributed by atoms with E-state index in [1.165, 1.54) is 0 Å². The second-order valence-corrected chi connectivity index (χ2v) is 6.54. The number of aliphatic hydroxyl groups is 1. The zero-order valence-electron chi connectivity index (χ0n) is 12.7. The predicted octanol–water partition coefficient (Wildman–Crippen LogP) is 2.44. The van der Waals surface area contributed by atoms with E-state index in [-0.39, 0.29) is 17.9 Å². The van der Waals surface area contributed by atoms with Gasteiger partial charge in [-0.2, -0.15) is 0 Å². The van der Waals surface area contributed by atoms with Gasteiger partial charge in [-0.05, 0) is 56.7 Å². The van der Waals surface area contributed by atoms with Gasteiger partial charge in [-0.3, -0.25) is 9.69 Å². The van der Waals surface area contributed by atoms with Crippen LogP contribution < -0.4 is 5.32 Å².